The standard InChI is InChI=1S/C11H22N2O2/c1-7(2)10(14)6-13-11(15)8(3)9-4-12-5-9/h7-10,12,14H,4-6H2,1-3H3,(H,13,15). The first kappa shape index (κ1) is 12.5. The van der Waals surface area contributed by atoms with Crippen LogP contribution in [-0.2, 0) is 4.79 Å². The Morgan fingerprint density at radius 2 is 2.07 bits per heavy atom. The molecule has 0 radical (unpaired) electrons. The minimum absolute atomic E-state index is 0.0469. The molecule has 0 bridgehead atoms. The fourth-order valence-electron chi connectivity index (χ4n) is 1.48. The Balaban J connectivity index is 2.22. The molecule has 2 unspecified atom stereocenters. The minimum atomic E-state index is -0.444. The predicted molar refractivity (Wildman–Crippen MR) is 59.4 cm³/mol. The average molecular weight is 214 g/mol. The molecule has 0 aromatic heterocycles. The van der Waals surface area contributed by atoms with Crippen LogP contribution in [0.4, 0.5) is 0 Å². The molecule has 1 aliphatic rings. The van der Waals surface area contributed by atoms with Crippen LogP contribution >= 0.6 is 0 Å². The highest BCUT2D eigenvalue weighted by atomic mass is 16.3. The molecule has 1 amide bonds. The van der Waals surface area contributed by atoms with Gasteiger partial charge >= 0.3 is 0 Å². The minimum Gasteiger partial charge on any atom is -0.391 e. The van der Waals surface area contributed by atoms with Crippen molar-refractivity contribution in [3.63, 3.8) is 0 Å². The zero-order chi connectivity index (χ0) is 11.4. The first-order chi connectivity index (χ1) is 7.02. The van der Waals surface area contributed by atoms with Crippen molar-refractivity contribution in [3.05, 3.63) is 0 Å². The largest absolute Gasteiger partial charge is 0.391 e. The highest BCUT2D eigenvalue weighted by Gasteiger charge is 2.28. The lowest BCUT2D eigenvalue weighted by atomic mass is 9.88. The van der Waals surface area contributed by atoms with E-state index in [4.69, 9.17) is 0 Å². The van der Waals surface area contributed by atoms with Crippen LogP contribution in [-0.4, -0.2) is 36.8 Å². The maximum Gasteiger partial charge on any atom is 0.223 e. The number of rotatable bonds is 5. The maximum atomic E-state index is 11.7. The van der Waals surface area contributed by atoms with Crippen LogP contribution in [0.15, 0.2) is 0 Å². The molecular formula is C11H22N2O2. The Morgan fingerprint density at radius 1 is 1.47 bits per heavy atom. The number of carbonyl (C=O) groups excluding carboxylic acids is 1. The van der Waals surface area contributed by atoms with Crippen LogP contribution in [0.5, 0.6) is 0 Å². The van der Waals surface area contributed by atoms with Crippen LogP contribution in [0.1, 0.15) is 20.8 Å². The van der Waals surface area contributed by atoms with Gasteiger partial charge in [-0.3, -0.25) is 4.79 Å². The average Bonchev–Trinajstić information content (AvgIpc) is 2.10. The summed E-state index contributed by atoms with van der Waals surface area (Å²) in [5, 5.41) is 15.5. The molecule has 2 atom stereocenters. The molecule has 1 fully saturated rings. The van der Waals surface area contributed by atoms with Crippen molar-refractivity contribution >= 4 is 5.91 Å². The molecule has 1 saturated heterocycles. The van der Waals surface area contributed by atoms with Gasteiger partial charge in [-0.2, -0.15) is 0 Å². The Hall–Kier alpha value is -0.610. The van der Waals surface area contributed by atoms with Crippen molar-refractivity contribution in [2.75, 3.05) is 19.6 Å². The van der Waals surface area contributed by atoms with Gasteiger partial charge in [0, 0.05) is 12.5 Å². The molecule has 0 saturated carbocycles. The Labute approximate surface area is 91.4 Å². The van der Waals surface area contributed by atoms with Gasteiger partial charge in [-0.25, -0.2) is 0 Å². The molecule has 88 valence electrons. The molecule has 1 aliphatic heterocycles. The molecule has 4 nitrogen and oxygen atoms in total. The number of aliphatic hydroxyl groups excluding tert-OH is 1. The monoisotopic (exact) mass is 214 g/mol. The van der Waals surface area contributed by atoms with Crippen molar-refractivity contribution in [1.82, 2.24) is 10.6 Å². The molecule has 0 spiro atoms. The van der Waals surface area contributed by atoms with Gasteiger partial charge in [0.1, 0.15) is 0 Å². The van der Waals surface area contributed by atoms with E-state index in [0.29, 0.717) is 12.5 Å². The second kappa shape index (κ2) is 5.47. The highest BCUT2D eigenvalue weighted by molar-refractivity contribution is 5.78. The summed E-state index contributed by atoms with van der Waals surface area (Å²) in [6.07, 6.45) is -0.444. The van der Waals surface area contributed by atoms with Crippen LogP contribution in [0.25, 0.3) is 0 Å². The third kappa shape index (κ3) is 3.47. The summed E-state index contributed by atoms with van der Waals surface area (Å²) < 4.78 is 0. The molecule has 1 heterocycles. The van der Waals surface area contributed by atoms with Crippen molar-refractivity contribution in [2.24, 2.45) is 17.8 Å². The SMILES string of the molecule is CC(C)C(O)CNC(=O)C(C)C1CNC1. The molecule has 0 aromatic rings. The van der Waals surface area contributed by atoms with Gasteiger partial charge in [0.2, 0.25) is 5.91 Å². The van der Waals surface area contributed by atoms with Crippen LogP contribution in [0, 0.1) is 17.8 Å². The van der Waals surface area contributed by atoms with Gasteiger partial charge in [0.25, 0.3) is 0 Å². The van der Waals surface area contributed by atoms with Crippen LogP contribution in [0.3, 0.4) is 0 Å². The second-order valence-electron chi connectivity index (χ2n) is 4.76. The summed E-state index contributed by atoms with van der Waals surface area (Å²) in [7, 11) is 0. The van der Waals surface area contributed by atoms with E-state index in [1.807, 2.05) is 20.8 Å². The fourth-order valence-corrected chi connectivity index (χ4v) is 1.48. The summed E-state index contributed by atoms with van der Waals surface area (Å²) in [4.78, 5) is 11.7. The zero-order valence-corrected chi connectivity index (χ0v) is 9.79. The number of amides is 1. The summed E-state index contributed by atoms with van der Waals surface area (Å²) in [5.41, 5.74) is 0. The lowest BCUT2D eigenvalue weighted by molar-refractivity contribution is -0.127. The van der Waals surface area contributed by atoms with E-state index in [-0.39, 0.29) is 17.7 Å². The fraction of sp³-hybridized carbons (Fsp3) is 0.909. The Morgan fingerprint density at radius 3 is 2.47 bits per heavy atom. The maximum absolute atomic E-state index is 11.7. The smallest absolute Gasteiger partial charge is 0.223 e. The van der Waals surface area contributed by atoms with Crippen molar-refractivity contribution in [3.8, 4) is 0 Å². The Bertz CT molecular complexity index is 215. The topological polar surface area (TPSA) is 61.4 Å². The number of aliphatic hydroxyl groups is 1. The lowest BCUT2D eigenvalue weighted by Crippen LogP contribution is -2.50. The molecule has 15 heavy (non-hydrogen) atoms. The quantitative estimate of drug-likeness (QED) is 0.602. The van der Waals surface area contributed by atoms with Gasteiger partial charge in [-0.15, -0.1) is 0 Å². The van der Waals surface area contributed by atoms with E-state index in [2.05, 4.69) is 10.6 Å². The van der Waals surface area contributed by atoms with Crippen molar-refractivity contribution in [1.29, 1.82) is 0 Å². The normalized spacial score (nSPS) is 20.9. The van der Waals surface area contributed by atoms with E-state index in [1.54, 1.807) is 0 Å². The molecule has 4 heteroatoms. The third-order valence-electron chi connectivity index (χ3n) is 3.19. The first-order valence-electron chi connectivity index (χ1n) is 5.69. The van der Waals surface area contributed by atoms with Gasteiger partial charge in [-0.05, 0) is 24.9 Å². The third-order valence-corrected chi connectivity index (χ3v) is 3.19. The van der Waals surface area contributed by atoms with Gasteiger partial charge < -0.3 is 15.7 Å². The number of hydrogen-bond donors (Lipinski definition) is 3. The molecule has 0 aromatic carbocycles. The summed E-state index contributed by atoms with van der Waals surface area (Å²) in [5.74, 6) is 0.749. The number of nitrogens with one attached hydrogen (secondary N) is 2. The van der Waals surface area contributed by atoms with Crippen LogP contribution < -0.4 is 10.6 Å². The van der Waals surface area contributed by atoms with Gasteiger partial charge in [0.15, 0.2) is 0 Å². The van der Waals surface area contributed by atoms with E-state index in [0.717, 1.165) is 13.1 Å². The number of carbonyl (C=O) groups is 1. The van der Waals surface area contributed by atoms with Gasteiger partial charge in [0.05, 0.1) is 6.10 Å². The molecule has 3 N–H and O–H groups in total. The lowest BCUT2D eigenvalue weighted by Gasteiger charge is -2.32. The van der Waals surface area contributed by atoms with E-state index < -0.39 is 6.10 Å². The zero-order valence-electron chi connectivity index (χ0n) is 9.79. The molecular weight excluding hydrogens is 192 g/mol. The van der Waals surface area contributed by atoms with Gasteiger partial charge in [-0.1, -0.05) is 20.8 Å². The number of hydrogen-bond acceptors (Lipinski definition) is 3. The summed E-state index contributed by atoms with van der Waals surface area (Å²) in [6.45, 7) is 8.05. The molecule has 0 aliphatic carbocycles. The van der Waals surface area contributed by atoms with Crippen molar-refractivity contribution in [2.45, 2.75) is 26.9 Å². The summed E-state index contributed by atoms with van der Waals surface area (Å²) >= 11 is 0. The van der Waals surface area contributed by atoms with E-state index >= 15 is 0 Å². The molecule has 1 rings (SSSR count). The van der Waals surface area contributed by atoms with E-state index in [9.17, 15) is 9.90 Å². The van der Waals surface area contributed by atoms with E-state index in [1.165, 1.54) is 0 Å². The van der Waals surface area contributed by atoms with Crippen molar-refractivity contribution < 1.29 is 9.90 Å². The first-order valence-corrected chi connectivity index (χ1v) is 5.69. The van der Waals surface area contributed by atoms with Crippen LogP contribution in [0.2, 0.25) is 0 Å². The predicted octanol–water partition coefficient (Wildman–Crippen LogP) is -0.0250. The second-order valence-corrected chi connectivity index (χ2v) is 4.76. The highest BCUT2D eigenvalue weighted by Crippen LogP contribution is 2.15. The summed E-state index contributed by atoms with van der Waals surface area (Å²) in [6, 6.07) is 0. The Kier molecular flexibility index (Phi) is 4.54.